The molecule has 3 aliphatic rings. The van der Waals surface area contributed by atoms with E-state index >= 15 is 0 Å². The average molecular weight is 655 g/mol. The first-order valence-corrected chi connectivity index (χ1v) is 15.7. The van der Waals surface area contributed by atoms with Gasteiger partial charge in [-0.1, -0.05) is 6.92 Å². The third-order valence-electron chi connectivity index (χ3n) is 8.42. The maximum Gasteiger partial charge on any atom is 0.410 e. The molecule has 3 aliphatic heterocycles. The fraction of sp³-hybridized carbons (Fsp3) is 0.700. The molecule has 1 spiro atoms. The summed E-state index contributed by atoms with van der Waals surface area (Å²) in [5.41, 5.74) is 0.940. The van der Waals surface area contributed by atoms with Crippen LogP contribution in [0.1, 0.15) is 58.9 Å². The van der Waals surface area contributed by atoms with Crippen molar-refractivity contribution in [1.82, 2.24) is 19.8 Å². The first-order valence-electron chi connectivity index (χ1n) is 14.9. The van der Waals surface area contributed by atoms with Gasteiger partial charge < -0.3 is 28.9 Å². The number of piperidine rings is 2. The summed E-state index contributed by atoms with van der Waals surface area (Å²) in [6.07, 6.45) is 1.30. The Hall–Kier alpha value is -2.47. The molecule has 0 aliphatic carbocycles. The highest BCUT2D eigenvalue weighted by atomic mass is 79.9. The molecule has 4 heterocycles. The van der Waals surface area contributed by atoms with Crippen molar-refractivity contribution < 1.29 is 27.8 Å². The zero-order valence-corrected chi connectivity index (χ0v) is 26.8. The molecule has 0 unspecified atom stereocenters. The van der Waals surface area contributed by atoms with Crippen LogP contribution in [0.2, 0.25) is 0 Å². The van der Waals surface area contributed by atoms with Crippen LogP contribution in [-0.2, 0) is 11.2 Å². The number of likely N-dealkylation sites (tertiary alicyclic amines) is 2. The smallest absolute Gasteiger partial charge is 0.410 e. The number of hydrogen-bond acceptors (Lipinski definition) is 8. The number of ether oxygens (including phenoxy) is 3. The maximum absolute atomic E-state index is 13.3. The fourth-order valence-corrected chi connectivity index (χ4v) is 6.74. The second-order valence-electron chi connectivity index (χ2n) is 12.9. The van der Waals surface area contributed by atoms with E-state index in [1.54, 1.807) is 4.90 Å². The summed E-state index contributed by atoms with van der Waals surface area (Å²) >= 11 is 3.60. The fourth-order valence-electron chi connectivity index (χ4n) is 6.04. The van der Waals surface area contributed by atoms with Crippen LogP contribution in [0.25, 0.3) is 10.9 Å². The molecule has 5 rings (SSSR count). The number of nitrogens with zero attached hydrogens (tertiary/aromatic N) is 5. The number of aromatic nitrogens is 2. The van der Waals surface area contributed by atoms with Crippen LogP contribution in [0, 0.1) is 5.41 Å². The van der Waals surface area contributed by atoms with E-state index in [9.17, 15) is 13.6 Å². The Labute approximate surface area is 255 Å². The SMILES string of the molecule is CCc1cc2c(N3CCC4(CC3)CN(C(=O)OC(C)(C)C)C4)nc(OC3CCN(C)CC3)nc2c(OCC(F)F)c1Br. The lowest BCUT2D eigenvalue weighted by Gasteiger charge is -2.53. The molecule has 0 bridgehead atoms. The van der Waals surface area contributed by atoms with E-state index in [1.165, 1.54) is 0 Å². The topological polar surface area (TPSA) is 80.3 Å². The largest absolute Gasteiger partial charge is 0.484 e. The maximum atomic E-state index is 13.3. The second kappa shape index (κ2) is 12.3. The van der Waals surface area contributed by atoms with Crippen LogP contribution in [-0.4, -0.2) is 96.9 Å². The molecule has 2 aromatic rings. The molecule has 0 atom stereocenters. The van der Waals surface area contributed by atoms with Crippen LogP contribution in [0.4, 0.5) is 19.4 Å². The average Bonchev–Trinajstić information content (AvgIpc) is 2.91. The van der Waals surface area contributed by atoms with Gasteiger partial charge in [-0.05, 0) is 87.5 Å². The molecule has 42 heavy (non-hydrogen) atoms. The Morgan fingerprint density at radius 2 is 1.81 bits per heavy atom. The molecular weight excluding hydrogens is 612 g/mol. The van der Waals surface area contributed by atoms with E-state index < -0.39 is 18.6 Å². The Bertz CT molecular complexity index is 1280. The molecule has 1 aromatic carbocycles. The number of carbonyl (C=O) groups excluding carboxylic acids is 1. The minimum atomic E-state index is -2.62. The Balaban J connectivity index is 1.43. The van der Waals surface area contributed by atoms with Gasteiger partial charge in [0, 0.05) is 50.1 Å². The van der Waals surface area contributed by atoms with Gasteiger partial charge in [0.1, 0.15) is 29.6 Å². The number of benzene rings is 1. The predicted molar refractivity (Wildman–Crippen MR) is 161 cm³/mol. The van der Waals surface area contributed by atoms with E-state index in [-0.39, 0.29) is 23.6 Å². The molecule has 3 fully saturated rings. The first kappa shape index (κ1) is 31.0. The summed E-state index contributed by atoms with van der Waals surface area (Å²) in [5, 5.41) is 0.759. The van der Waals surface area contributed by atoms with Gasteiger partial charge in [-0.15, -0.1) is 0 Å². The summed E-state index contributed by atoms with van der Waals surface area (Å²) in [5.74, 6) is 1.02. The van der Waals surface area contributed by atoms with Crippen LogP contribution in [0.5, 0.6) is 11.8 Å². The predicted octanol–water partition coefficient (Wildman–Crippen LogP) is 5.91. The molecule has 232 valence electrons. The van der Waals surface area contributed by atoms with Crippen molar-refractivity contribution in [2.75, 3.05) is 57.8 Å². The van der Waals surface area contributed by atoms with Gasteiger partial charge in [-0.25, -0.2) is 13.6 Å². The standard InChI is InChI=1S/C30H42BrF2N5O4/c1-6-19-15-21-24(25(23(19)31)40-16-22(32)33)34-27(41-20-7-11-36(5)12-8-20)35-26(21)37-13-9-30(10-14-37)17-38(18-30)28(39)42-29(2,3)4/h15,20,22H,6-14,16-18H2,1-5H3. The molecule has 3 saturated heterocycles. The third-order valence-corrected chi connectivity index (χ3v) is 9.29. The van der Waals surface area contributed by atoms with Crippen LogP contribution >= 0.6 is 15.9 Å². The quantitative estimate of drug-likeness (QED) is 0.365. The molecule has 0 saturated carbocycles. The number of hydrogen-bond donors (Lipinski definition) is 0. The monoisotopic (exact) mass is 653 g/mol. The summed E-state index contributed by atoms with van der Waals surface area (Å²) in [4.78, 5) is 28.5. The summed E-state index contributed by atoms with van der Waals surface area (Å²) in [6, 6.07) is 2.27. The van der Waals surface area contributed by atoms with Gasteiger partial charge in [-0.2, -0.15) is 9.97 Å². The number of amides is 1. The van der Waals surface area contributed by atoms with Gasteiger partial charge in [0.05, 0.1) is 4.47 Å². The van der Waals surface area contributed by atoms with Crippen molar-refractivity contribution in [1.29, 1.82) is 0 Å². The normalized spacial score (nSPS) is 19.8. The zero-order valence-electron chi connectivity index (χ0n) is 25.2. The Morgan fingerprint density at radius 3 is 2.40 bits per heavy atom. The molecule has 1 aromatic heterocycles. The van der Waals surface area contributed by atoms with Crippen LogP contribution in [0.3, 0.4) is 0 Å². The minimum Gasteiger partial charge on any atom is -0.484 e. The second-order valence-corrected chi connectivity index (χ2v) is 13.7. The summed E-state index contributed by atoms with van der Waals surface area (Å²) < 4.78 is 44.7. The molecule has 0 radical (unpaired) electrons. The van der Waals surface area contributed by atoms with Gasteiger partial charge in [0.2, 0.25) is 0 Å². The van der Waals surface area contributed by atoms with Crippen molar-refractivity contribution >= 4 is 38.7 Å². The zero-order chi connectivity index (χ0) is 30.2. The summed E-state index contributed by atoms with van der Waals surface area (Å²) in [6.45, 7) is 11.6. The number of alkyl halides is 2. The lowest BCUT2D eigenvalue weighted by atomic mass is 9.72. The number of aryl methyl sites for hydroxylation is 1. The lowest BCUT2D eigenvalue weighted by molar-refractivity contribution is -0.0434. The van der Waals surface area contributed by atoms with Crippen molar-refractivity contribution in [2.24, 2.45) is 5.41 Å². The number of halogens is 3. The van der Waals surface area contributed by atoms with E-state index in [0.29, 0.717) is 35.2 Å². The molecular formula is C30H42BrF2N5O4. The first-order chi connectivity index (χ1) is 19.9. The minimum absolute atomic E-state index is 0.0197. The van der Waals surface area contributed by atoms with Crippen molar-refractivity contribution in [2.45, 2.75) is 77.9 Å². The Kier molecular flexibility index (Phi) is 9.04. The Morgan fingerprint density at radius 1 is 1.14 bits per heavy atom. The molecule has 1 amide bonds. The van der Waals surface area contributed by atoms with Gasteiger partial charge >= 0.3 is 12.1 Å². The van der Waals surface area contributed by atoms with Crippen LogP contribution in [0.15, 0.2) is 10.5 Å². The number of fused-ring (bicyclic) bond motifs is 1. The van der Waals surface area contributed by atoms with Crippen LogP contribution < -0.4 is 14.4 Å². The van der Waals surface area contributed by atoms with E-state index in [2.05, 4.69) is 32.8 Å². The highest BCUT2D eigenvalue weighted by Crippen LogP contribution is 2.45. The van der Waals surface area contributed by atoms with E-state index in [4.69, 9.17) is 24.2 Å². The third kappa shape index (κ3) is 6.85. The lowest BCUT2D eigenvalue weighted by Crippen LogP contribution is -2.62. The number of anilines is 1. The molecule has 9 nitrogen and oxygen atoms in total. The van der Waals surface area contributed by atoms with E-state index in [0.717, 1.165) is 68.6 Å². The van der Waals surface area contributed by atoms with Gasteiger partial charge in [-0.3, -0.25) is 0 Å². The van der Waals surface area contributed by atoms with Crippen molar-refractivity contribution in [3.63, 3.8) is 0 Å². The molecule has 12 heteroatoms. The number of rotatable bonds is 7. The summed E-state index contributed by atoms with van der Waals surface area (Å²) in [7, 11) is 2.09. The highest BCUT2D eigenvalue weighted by molar-refractivity contribution is 9.10. The van der Waals surface area contributed by atoms with E-state index in [1.807, 2.05) is 33.8 Å². The number of carbonyl (C=O) groups is 1. The van der Waals surface area contributed by atoms with Crippen molar-refractivity contribution in [3.8, 4) is 11.8 Å². The van der Waals surface area contributed by atoms with Crippen molar-refractivity contribution in [3.05, 3.63) is 16.1 Å². The van der Waals surface area contributed by atoms with Gasteiger partial charge in [0.15, 0.2) is 5.75 Å². The van der Waals surface area contributed by atoms with Gasteiger partial charge in [0.25, 0.3) is 6.43 Å². The molecule has 0 N–H and O–H groups in total. The highest BCUT2D eigenvalue weighted by Gasteiger charge is 2.48.